The number of sulfone groups is 1. The van der Waals surface area contributed by atoms with Gasteiger partial charge in [-0.15, -0.1) is 0 Å². The van der Waals surface area contributed by atoms with Gasteiger partial charge < -0.3 is 16.4 Å². The quantitative estimate of drug-likeness (QED) is 0.747. The van der Waals surface area contributed by atoms with Crippen molar-refractivity contribution in [2.24, 2.45) is 5.73 Å². The number of nitrogen functional groups attached to an aromatic ring is 1. The van der Waals surface area contributed by atoms with Crippen LogP contribution in [-0.4, -0.2) is 43.4 Å². The molecule has 4 N–H and O–H groups in total. The lowest BCUT2D eigenvalue weighted by Gasteiger charge is -2.34. The number of amides is 1. The minimum absolute atomic E-state index is 0.0389. The second-order valence-electron chi connectivity index (χ2n) is 4.66. The molecule has 1 aliphatic heterocycles. The van der Waals surface area contributed by atoms with Crippen LogP contribution in [0.4, 0.5) is 11.5 Å². The lowest BCUT2D eigenvalue weighted by atomic mass is 10.2. The van der Waals surface area contributed by atoms with E-state index in [1.807, 2.05) is 0 Å². The molecule has 0 spiro atoms. The summed E-state index contributed by atoms with van der Waals surface area (Å²) in [5.74, 6) is -0.154. The van der Waals surface area contributed by atoms with Crippen molar-refractivity contribution in [3.8, 4) is 0 Å². The minimum atomic E-state index is -3.02. The van der Waals surface area contributed by atoms with Crippen molar-refractivity contribution in [1.82, 2.24) is 4.98 Å². The predicted octanol–water partition coefficient (Wildman–Crippen LogP) is -0.614. The van der Waals surface area contributed by atoms with Gasteiger partial charge in [-0.3, -0.25) is 4.79 Å². The third kappa shape index (κ3) is 2.78. The molecule has 104 valence electrons. The van der Waals surface area contributed by atoms with E-state index in [-0.39, 0.29) is 23.1 Å². The van der Waals surface area contributed by atoms with Crippen molar-refractivity contribution >= 4 is 27.2 Å². The third-order valence-corrected chi connectivity index (χ3v) is 4.89. The molecular formula is C11H16N4O3S. The molecule has 7 nitrogen and oxygen atoms in total. The summed E-state index contributed by atoms with van der Waals surface area (Å²) in [5, 5.41) is 0. The first-order valence-corrected chi connectivity index (χ1v) is 7.64. The molecule has 1 fully saturated rings. The fourth-order valence-corrected chi connectivity index (χ4v) is 3.75. The van der Waals surface area contributed by atoms with E-state index in [1.165, 1.54) is 12.3 Å². The van der Waals surface area contributed by atoms with Gasteiger partial charge in [0.2, 0.25) is 0 Å². The zero-order chi connectivity index (χ0) is 14.2. The first-order chi connectivity index (χ1) is 8.80. The molecule has 0 bridgehead atoms. The first-order valence-electron chi connectivity index (χ1n) is 5.82. The molecule has 1 unspecified atom stereocenters. The molecular weight excluding hydrogens is 268 g/mol. The summed E-state index contributed by atoms with van der Waals surface area (Å²) in [4.78, 5) is 17.3. The molecule has 1 amide bonds. The highest BCUT2D eigenvalue weighted by Crippen LogP contribution is 2.24. The van der Waals surface area contributed by atoms with E-state index in [9.17, 15) is 13.2 Å². The Hall–Kier alpha value is -1.83. The Bertz CT molecular complexity index is 614. The van der Waals surface area contributed by atoms with Gasteiger partial charge >= 0.3 is 0 Å². The Kier molecular flexibility index (Phi) is 3.36. The zero-order valence-electron chi connectivity index (χ0n) is 10.5. The summed E-state index contributed by atoms with van der Waals surface area (Å²) in [5.41, 5.74) is 11.5. The summed E-state index contributed by atoms with van der Waals surface area (Å²) in [7, 11) is -3.02. The Balaban J connectivity index is 2.40. The molecule has 2 rings (SSSR count). The number of hydrogen-bond donors (Lipinski definition) is 2. The van der Waals surface area contributed by atoms with Crippen LogP contribution < -0.4 is 16.4 Å². The normalized spacial score (nSPS) is 22.2. The molecule has 1 saturated heterocycles. The summed E-state index contributed by atoms with van der Waals surface area (Å²) in [6.07, 6.45) is 1.43. The maximum Gasteiger partial charge on any atom is 0.252 e. The SMILES string of the molecule is CC1CS(=O)(=O)CCN1c1ncc(N)cc1C(N)=O. The second kappa shape index (κ2) is 4.69. The van der Waals surface area contributed by atoms with Crippen molar-refractivity contribution in [1.29, 1.82) is 0 Å². The van der Waals surface area contributed by atoms with E-state index in [0.717, 1.165) is 0 Å². The largest absolute Gasteiger partial charge is 0.397 e. The number of pyridine rings is 1. The van der Waals surface area contributed by atoms with Gasteiger partial charge in [-0.1, -0.05) is 0 Å². The minimum Gasteiger partial charge on any atom is -0.397 e. The predicted molar refractivity (Wildman–Crippen MR) is 72.6 cm³/mol. The number of primary amides is 1. The highest BCUT2D eigenvalue weighted by molar-refractivity contribution is 7.91. The van der Waals surface area contributed by atoms with Crippen LogP contribution in [0.2, 0.25) is 0 Å². The summed E-state index contributed by atoms with van der Waals surface area (Å²) >= 11 is 0. The van der Waals surface area contributed by atoms with Crippen molar-refractivity contribution in [3.63, 3.8) is 0 Å². The van der Waals surface area contributed by atoms with E-state index < -0.39 is 15.7 Å². The number of anilines is 2. The van der Waals surface area contributed by atoms with Gasteiger partial charge in [0.05, 0.1) is 29.0 Å². The molecule has 0 aromatic carbocycles. The van der Waals surface area contributed by atoms with E-state index >= 15 is 0 Å². The topological polar surface area (TPSA) is 119 Å². The van der Waals surface area contributed by atoms with Gasteiger partial charge in [-0.2, -0.15) is 0 Å². The molecule has 1 aliphatic rings. The maximum absolute atomic E-state index is 11.6. The van der Waals surface area contributed by atoms with E-state index in [1.54, 1.807) is 11.8 Å². The molecule has 1 aromatic rings. The summed E-state index contributed by atoms with van der Waals surface area (Å²) in [6.45, 7) is 2.07. The molecule has 8 heteroatoms. The van der Waals surface area contributed by atoms with Gasteiger partial charge in [0.1, 0.15) is 5.82 Å². The molecule has 2 heterocycles. The maximum atomic E-state index is 11.6. The van der Waals surface area contributed by atoms with Crippen molar-refractivity contribution < 1.29 is 13.2 Å². The van der Waals surface area contributed by atoms with E-state index in [2.05, 4.69) is 4.98 Å². The highest BCUT2D eigenvalue weighted by Gasteiger charge is 2.30. The Morgan fingerprint density at radius 2 is 2.21 bits per heavy atom. The molecule has 0 aliphatic carbocycles. The Labute approximate surface area is 111 Å². The molecule has 0 saturated carbocycles. The molecule has 19 heavy (non-hydrogen) atoms. The monoisotopic (exact) mass is 284 g/mol. The number of carbonyl (C=O) groups excluding carboxylic acids is 1. The van der Waals surface area contributed by atoms with Crippen LogP contribution in [0.15, 0.2) is 12.3 Å². The van der Waals surface area contributed by atoms with E-state index in [0.29, 0.717) is 18.1 Å². The van der Waals surface area contributed by atoms with Crippen molar-refractivity contribution in [2.75, 3.05) is 28.7 Å². The van der Waals surface area contributed by atoms with Gasteiger partial charge in [0, 0.05) is 12.6 Å². The van der Waals surface area contributed by atoms with Gasteiger partial charge in [-0.25, -0.2) is 13.4 Å². The van der Waals surface area contributed by atoms with Crippen molar-refractivity contribution in [2.45, 2.75) is 13.0 Å². The van der Waals surface area contributed by atoms with Gasteiger partial charge in [0.15, 0.2) is 9.84 Å². The van der Waals surface area contributed by atoms with Crippen LogP contribution in [0.5, 0.6) is 0 Å². The summed E-state index contributed by atoms with van der Waals surface area (Å²) in [6, 6.07) is 1.20. The Morgan fingerprint density at radius 3 is 2.79 bits per heavy atom. The van der Waals surface area contributed by atoms with Gasteiger partial charge in [-0.05, 0) is 13.0 Å². The molecule has 1 atom stereocenters. The lowest BCUT2D eigenvalue weighted by molar-refractivity contribution is 0.100. The number of nitrogens with two attached hydrogens (primary N) is 2. The highest BCUT2D eigenvalue weighted by atomic mass is 32.2. The molecule has 1 aromatic heterocycles. The number of aromatic nitrogens is 1. The van der Waals surface area contributed by atoms with E-state index in [4.69, 9.17) is 11.5 Å². The molecule has 0 radical (unpaired) electrons. The fourth-order valence-electron chi connectivity index (χ4n) is 2.20. The number of nitrogens with zero attached hydrogens (tertiary/aromatic N) is 2. The smallest absolute Gasteiger partial charge is 0.252 e. The fraction of sp³-hybridized carbons (Fsp3) is 0.455. The second-order valence-corrected chi connectivity index (χ2v) is 6.89. The van der Waals surface area contributed by atoms with Crippen LogP contribution in [0.1, 0.15) is 17.3 Å². The van der Waals surface area contributed by atoms with Crippen LogP contribution in [0.3, 0.4) is 0 Å². The third-order valence-electron chi connectivity index (χ3n) is 3.10. The Morgan fingerprint density at radius 1 is 1.53 bits per heavy atom. The lowest BCUT2D eigenvalue weighted by Crippen LogP contribution is -2.48. The van der Waals surface area contributed by atoms with Crippen LogP contribution in [0, 0.1) is 0 Å². The summed E-state index contributed by atoms with van der Waals surface area (Å²) < 4.78 is 23.1. The van der Waals surface area contributed by atoms with Crippen LogP contribution >= 0.6 is 0 Å². The standard InChI is InChI=1S/C11H16N4O3S/c1-7-6-19(17,18)3-2-15(7)11-9(10(13)16)4-8(12)5-14-11/h4-5,7H,2-3,6,12H2,1H3,(H2,13,16). The van der Waals surface area contributed by atoms with Crippen molar-refractivity contribution in [3.05, 3.63) is 17.8 Å². The first kappa shape index (κ1) is 13.6. The zero-order valence-corrected chi connectivity index (χ0v) is 11.4. The van der Waals surface area contributed by atoms with Crippen LogP contribution in [-0.2, 0) is 9.84 Å². The van der Waals surface area contributed by atoms with Crippen LogP contribution in [0.25, 0.3) is 0 Å². The van der Waals surface area contributed by atoms with Gasteiger partial charge in [0.25, 0.3) is 5.91 Å². The number of carbonyl (C=O) groups is 1. The number of rotatable bonds is 2. The number of hydrogen-bond acceptors (Lipinski definition) is 6. The average Bonchev–Trinajstić information content (AvgIpc) is 2.28. The average molecular weight is 284 g/mol.